The van der Waals surface area contributed by atoms with Crippen molar-refractivity contribution in [3.8, 4) is 11.1 Å². The molecule has 0 saturated carbocycles. The van der Waals surface area contributed by atoms with Crippen molar-refractivity contribution in [1.29, 1.82) is 0 Å². The van der Waals surface area contributed by atoms with E-state index in [1.807, 2.05) is 0 Å². The number of hydrogen-bond donors (Lipinski definition) is 0. The molecule has 6 aromatic rings. The SMILES string of the molecule is CC(C)(C)c1cc2c3c(c1)N(c1ccc4c(c1)C(C)(C)c1ccccc1-4)c1cc4c(cc1B3c1cc3c(cc1N2c1ccc2c(c1)C(C)(C)CCC2(C)C)C(C)(C)CCC3(C)C)C(C)(C)CCC4(C)C. The third-order valence-corrected chi connectivity index (χ3v) is 19.8. The molecule has 360 valence electrons. The van der Waals surface area contributed by atoms with Crippen molar-refractivity contribution in [2.75, 3.05) is 9.80 Å². The number of fused-ring (bicyclic) bond motifs is 10. The fourth-order valence-corrected chi connectivity index (χ4v) is 14.7. The van der Waals surface area contributed by atoms with E-state index in [4.69, 9.17) is 0 Å². The first-order chi connectivity index (χ1) is 32.5. The lowest BCUT2D eigenvalue weighted by molar-refractivity contribution is 0.332. The van der Waals surface area contributed by atoms with E-state index in [1.165, 1.54) is 150 Å². The molecule has 2 nitrogen and oxygen atoms in total. The van der Waals surface area contributed by atoms with Gasteiger partial charge in [0.05, 0.1) is 0 Å². The van der Waals surface area contributed by atoms with Crippen molar-refractivity contribution < 1.29 is 0 Å². The summed E-state index contributed by atoms with van der Waals surface area (Å²) in [6.45, 7) is 42.2. The van der Waals surface area contributed by atoms with E-state index in [9.17, 15) is 0 Å². The normalized spacial score (nSPS) is 21.6. The molecule has 0 N–H and O–H groups in total. The zero-order valence-corrected chi connectivity index (χ0v) is 46.0. The molecule has 0 atom stereocenters. The quantitative estimate of drug-likeness (QED) is 0.159. The maximum absolute atomic E-state index is 2.76. The van der Waals surface area contributed by atoms with Gasteiger partial charge in [0, 0.05) is 39.5 Å². The molecule has 0 fully saturated rings. The van der Waals surface area contributed by atoms with E-state index >= 15 is 0 Å². The molecule has 70 heavy (non-hydrogen) atoms. The molecule has 3 heteroatoms. The van der Waals surface area contributed by atoms with Crippen LogP contribution in [0.15, 0.2) is 97.1 Å². The minimum Gasteiger partial charge on any atom is -0.311 e. The molecule has 6 aromatic carbocycles. The van der Waals surface area contributed by atoms with E-state index < -0.39 is 0 Å². The van der Waals surface area contributed by atoms with Gasteiger partial charge in [0.15, 0.2) is 0 Å². The first-order valence-electron chi connectivity index (χ1n) is 27.1. The van der Waals surface area contributed by atoms with Crippen molar-refractivity contribution in [1.82, 2.24) is 0 Å². The van der Waals surface area contributed by atoms with E-state index in [-0.39, 0.29) is 50.0 Å². The Morgan fingerprint density at radius 3 is 1.23 bits per heavy atom. The zero-order valence-electron chi connectivity index (χ0n) is 46.0. The van der Waals surface area contributed by atoms with Crippen molar-refractivity contribution in [3.63, 3.8) is 0 Å². The summed E-state index contributed by atoms with van der Waals surface area (Å²) >= 11 is 0. The minimum atomic E-state index is -0.123. The number of rotatable bonds is 2. The monoisotopic (exact) mass is 923 g/mol. The summed E-state index contributed by atoms with van der Waals surface area (Å²) in [5.74, 6) is 0. The minimum absolute atomic E-state index is 0.0521. The predicted molar refractivity (Wildman–Crippen MR) is 303 cm³/mol. The van der Waals surface area contributed by atoms with Gasteiger partial charge in [-0.25, -0.2) is 0 Å². The number of anilines is 6. The second kappa shape index (κ2) is 14.1. The predicted octanol–water partition coefficient (Wildman–Crippen LogP) is 16.4. The van der Waals surface area contributed by atoms with Crippen molar-refractivity contribution in [2.45, 2.75) is 200 Å². The van der Waals surface area contributed by atoms with Gasteiger partial charge in [0.2, 0.25) is 0 Å². The van der Waals surface area contributed by atoms with Crippen LogP contribution < -0.4 is 26.2 Å². The molecule has 0 bridgehead atoms. The summed E-state index contributed by atoms with van der Waals surface area (Å²) < 4.78 is 0. The molecule has 0 saturated heterocycles. The van der Waals surface area contributed by atoms with Crippen LogP contribution in [0.4, 0.5) is 34.1 Å². The van der Waals surface area contributed by atoms with Crippen LogP contribution in [0.5, 0.6) is 0 Å². The van der Waals surface area contributed by atoms with Crippen LogP contribution in [-0.2, 0) is 43.3 Å². The molecule has 0 spiro atoms. The molecule has 4 aliphatic carbocycles. The Morgan fingerprint density at radius 1 is 0.371 bits per heavy atom. The highest BCUT2D eigenvalue weighted by Gasteiger charge is 2.50. The average Bonchev–Trinajstić information content (AvgIpc) is 3.52. The molecule has 0 radical (unpaired) electrons. The maximum atomic E-state index is 2.76. The summed E-state index contributed by atoms with van der Waals surface area (Å²) in [5, 5.41) is 0. The Kier molecular flexibility index (Phi) is 9.31. The van der Waals surface area contributed by atoms with Gasteiger partial charge >= 0.3 is 0 Å². The Labute approximate surface area is 422 Å². The van der Waals surface area contributed by atoms with E-state index in [0.29, 0.717) is 0 Å². The first kappa shape index (κ1) is 46.1. The Balaban J connectivity index is 1.23. The van der Waals surface area contributed by atoms with Gasteiger partial charge in [0.1, 0.15) is 0 Å². The Bertz CT molecular complexity index is 3250. The first-order valence-corrected chi connectivity index (χ1v) is 27.1. The largest absolute Gasteiger partial charge is 0.311 e. The molecular weight excluding hydrogens is 844 g/mol. The average molecular weight is 923 g/mol. The summed E-state index contributed by atoms with van der Waals surface area (Å²) in [6, 6.07) is 40.3. The lowest BCUT2D eigenvalue weighted by Gasteiger charge is -2.49. The van der Waals surface area contributed by atoms with Crippen LogP contribution in [0, 0.1) is 0 Å². The number of nitrogens with zero attached hydrogens (tertiary/aromatic N) is 2. The lowest BCUT2D eigenvalue weighted by atomic mass is 9.32. The lowest BCUT2D eigenvalue weighted by Crippen LogP contribution is -2.62. The molecule has 6 aliphatic rings. The molecule has 2 aliphatic heterocycles. The molecule has 2 heterocycles. The Hall–Kier alpha value is -5.02. The highest BCUT2D eigenvalue weighted by atomic mass is 15.2. The zero-order chi connectivity index (χ0) is 49.8. The van der Waals surface area contributed by atoms with Gasteiger partial charge in [-0.05, 0) is 203 Å². The summed E-state index contributed by atoms with van der Waals surface area (Å²) in [6.07, 6.45) is 7.13. The second-order valence-electron chi connectivity index (χ2n) is 28.6. The Morgan fingerprint density at radius 2 is 0.757 bits per heavy atom. The molecule has 0 aromatic heterocycles. The van der Waals surface area contributed by atoms with Gasteiger partial charge in [-0.15, -0.1) is 0 Å². The fourth-order valence-electron chi connectivity index (χ4n) is 14.7. The van der Waals surface area contributed by atoms with Gasteiger partial charge in [-0.1, -0.05) is 166 Å². The standard InChI is InChI=1S/C67H79BN2/c1-60(2,3)40-32-57-59-58(33-40)70(42-23-25-46-48(35-42)62(6,7)27-26-61(46,4)5)56-39-52-50(64(10,11)29-31-66(52,14)15)37-54(56)68(59)53-36-49-51(65(12,13)30-28-63(49,8)9)38-55(53)69(57)41-22-24-44-43-20-18-19-21-45(43)67(16,17)47(44)34-41/h18-25,32-39H,26-31H2,1-17H3. The molecular formula is C67H79BN2. The fraction of sp³-hybridized carbons (Fsp3) is 0.463. The van der Waals surface area contributed by atoms with Gasteiger partial charge in [0.25, 0.3) is 6.71 Å². The highest BCUT2D eigenvalue weighted by Crippen LogP contribution is 2.56. The third kappa shape index (κ3) is 6.37. The maximum Gasteiger partial charge on any atom is 0.252 e. The smallest absolute Gasteiger partial charge is 0.252 e. The van der Waals surface area contributed by atoms with Crippen LogP contribution >= 0.6 is 0 Å². The van der Waals surface area contributed by atoms with Crippen LogP contribution in [-0.4, -0.2) is 6.71 Å². The summed E-state index contributed by atoms with van der Waals surface area (Å²) in [4.78, 5) is 5.50. The van der Waals surface area contributed by atoms with Crippen LogP contribution in [0.25, 0.3) is 11.1 Å². The topological polar surface area (TPSA) is 6.48 Å². The van der Waals surface area contributed by atoms with E-state index in [0.717, 1.165) is 0 Å². The summed E-state index contributed by atoms with van der Waals surface area (Å²) in [5.41, 5.74) is 28.5. The third-order valence-electron chi connectivity index (χ3n) is 19.8. The highest BCUT2D eigenvalue weighted by molar-refractivity contribution is 7.00. The van der Waals surface area contributed by atoms with Crippen LogP contribution in [0.3, 0.4) is 0 Å². The van der Waals surface area contributed by atoms with E-state index in [1.54, 1.807) is 0 Å². The van der Waals surface area contributed by atoms with Gasteiger partial charge in [-0.2, -0.15) is 0 Å². The summed E-state index contributed by atoms with van der Waals surface area (Å²) in [7, 11) is 0. The number of benzene rings is 6. The van der Waals surface area contributed by atoms with Gasteiger partial charge in [-0.3, -0.25) is 0 Å². The van der Waals surface area contributed by atoms with Crippen LogP contribution in [0.1, 0.15) is 206 Å². The van der Waals surface area contributed by atoms with Crippen LogP contribution in [0.2, 0.25) is 0 Å². The van der Waals surface area contributed by atoms with Crippen molar-refractivity contribution in [3.05, 3.63) is 147 Å². The molecule has 0 amide bonds. The molecule has 0 unspecified atom stereocenters. The van der Waals surface area contributed by atoms with Gasteiger partial charge < -0.3 is 9.80 Å². The van der Waals surface area contributed by atoms with Crippen molar-refractivity contribution >= 4 is 57.2 Å². The number of hydrogen-bond acceptors (Lipinski definition) is 2. The molecule has 12 rings (SSSR count). The second-order valence-corrected chi connectivity index (χ2v) is 28.6. The van der Waals surface area contributed by atoms with E-state index in [2.05, 4.69) is 225 Å². The van der Waals surface area contributed by atoms with Crippen molar-refractivity contribution in [2.24, 2.45) is 0 Å².